The van der Waals surface area contributed by atoms with E-state index in [0.717, 1.165) is 0 Å². The second-order valence-electron chi connectivity index (χ2n) is 1.74. The van der Waals surface area contributed by atoms with Gasteiger partial charge in [0.1, 0.15) is 5.49 Å². The zero-order chi connectivity index (χ0) is 6.69. The average molecular weight is 123 g/mol. The first-order valence-corrected chi connectivity index (χ1v) is 2.74. The molecule has 0 aliphatic heterocycles. The monoisotopic (exact) mass is 123 g/mol. The minimum atomic E-state index is 0.375. The number of hydrogen-bond donors (Lipinski definition) is 2. The van der Waals surface area contributed by atoms with Gasteiger partial charge >= 0.3 is 0 Å². The second-order valence-corrected chi connectivity index (χ2v) is 1.74. The summed E-state index contributed by atoms with van der Waals surface area (Å²) in [6.07, 6.45) is 1.78. The molecule has 0 unspecified atom stereocenters. The molecule has 3 heteroatoms. The van der Waals surface area contributed by atoms with Gasteiger partial charge in [0.2, 0.25) is 0 Å². The van der Waals surface area contributed by atoms with Crippen LogP contribution in [-0.2, 0) is 6.67 Å². The van der Waals surface area contributed by atoms with Gasteiger partial charge in [-0.1, -0.05) is 6.07 Å². The summed E-state index contributed by atoms with van der Waals surface area (Å²) in [4.78, 5) is 0. The molecule has 3 N–H and O–H groups in total. The Morgan fingerprint density at radius 3 is 2.78 bits per heavy atom. The Labute approximate surface area is 53.3 Å². The van der Waals surface area contributed by atoms with Crippen molar-refractivity contribution in [3.05, 3.63) is 29.9 Å². The average Bonchev–Trinajstić information content (AvgIpc) is 1.89. The summed E-state index contributed by atoms with van der Waals surface area (Å²) < 4.78 is 1.65. The van der Waals surface area contributed by atoms with Crippen LogP contribution in [0, 0.1) is 5.41 Å². The normalized spacial score (nSPS) is 9.44. The molecule has 0 atom stereocenters. The Hall–Kier alpha value is -1.09. The smallest absolute Gasteiger partial charge is 0.125 e. The summed E-state index contributed by atoms with van der Waals surface area (Å²) in [5, 5.41) is 7.25. The maximum atomic E-state index is 7.25. The predicted molar refractivity (Wildman–Crippen MR) is 34.5 cm³/mol. The number of aromatic nitrogens is 1. The Bertz CT molecular complexity index is 238. The minimum absolute atomic E-state index is 0.375. The van der Waals surface area contributed by atoms with Crippen molar-refractivity contribution >= 4 is 0 Å². The lowest BCUT2D eigenvalue weighted by atomic mass is 10.5. The number of nitrogens with zero attached hydrogens (tertiary/aromatic N) is 1. The van der Waals surface area contributed by atoms with E-state index in [-0.39, 0.29) is 0 Å². The van der Waals surface area contributed by atoms with Gasteiger partial charge in [0, 0.05) is 6.20 Å². The maximum absolute atomic E-state index is 7.25. The summed E-state index contributed by atoms with van der Waals surface area (Å²) in [5.74, 6) is 0. The molecule has 3 nitrogen and oxygen atoms in total. The van der Waals surface area contributed by atoms with Gasteiger partial charge in [0.15, 0.2) is 0 Å². The minimum Gasteiger partial charge on any atom is -0.320 e. The quantitative estimate of drug-likeness (QED) is 0.537. The molecule has 0 fully saturated rings. The molecule has 1 rings (SSSR count). The van der Waals surface area contributed by atoms with Gasteiger partial charge in [-0.2, -0.15) is 0 Å². The van der Waals surface area contributed by atoms with Gasteiger partial charge < -0.3 is 10.3 Å². The van der Waals surface area contributed by atoms with Gasteiger partial charge in [-0.05, 0) is 12.1 Å². The van der Waals surface area contributed by atoms with E-state index in [9.17, 15) is 0 Å². The fourth-order valence-corrected chi connectivity index (χ4v) is 0.636. The van der Waals surface area contributed by atoms with Crippen LogP contribution in [0.15, 0.2) is 24.4 Å². The molecule has 0 aromatic carbocycles. The molecule has 0 aliphatic rings. The number of pyridine rings is 1. The van der Waals surface area contributed by atoms with Crippen LogP contribution in [0.1, 0.15) is 0 Å². The van der Waals surface area contributed by atoms with E-state index in [1.54, 1.807) is 16.8 Å². The zero-order valence-electron chi connectivity index (χ0n) is 5.04. The molecular formula is C6H9N3. The van der Waals surface area contributed by atoms with Crippen LogP contribution in [0.4, 0.5) is 0 Å². The summed E-state index contributed by atoms with van der Waals surface area (Å²) in [6.45, 7) is 0.375. The Balaban J connectivity index is 3.16. The van der Waals surface area contributed by atoms with Crippen molar-refractivity contribution in [2.24, 2.45) is 5.73 Å². The number of hydrogen-bond acceptors (Lipinski definition) is 2. The fourth-order valence-electron chi connectivity index (χ4n) is 0.636. The van der Waals surface area contributed by atoms with Gasteiger partial charge in [0.25, 0.3) is 0 Å². The summed E-state index contributed by atoms with van der Waals surface area (Å²) in [5.41, 5.74) is 5.74. The predicted octanol–water partition coefficient (Wildman–Crippen LogP) is -0.116. The summed E-state index contributed by atoms with van der Waals surface area (Å²) in [7, 11) is 0. The van der Waals surface area contributed by atoms with E-state index >= 15 is 0 Å². The van der Waals surface area contributed by atoms with E-state index in [4.69, 9.17) is 11.1 Å². The van der Waals surface area contributed by atoms with Gasteiger partial charge in [0.05, 0.1) is 6.67 Å². The third kappa shape index (κ3) is 1.17. The fraction of sp³-hybridized carbons (Fsp3) is 0.167. The van der Waals surface area contributed by atoms with Crippen LogP contribution in [0.5, 0.6) is 0 Å². The van der Waals surface area contributed by atoms with E-state index < -0.39 is 0 Å². The van der Waals surface area contributed by atoms with E-state index in [2.05, 4.69) is 0 Å². The summed E-state index contributed by atoms with van der Waals surface area (Å²) >= 11 is 0. The largest absolute Gasteiger partial charge is 0.320 e. The maximum Gasteiger partial charge on any atom is 0.125 e. The van der Waals surface area contributed by atoms with Crippen molar-refractivity contribution in [3.63, 3.8) is 0 Å². The molecule has 0 saturated heterocycles. The molecule has 48 valence electrons. The molecule has 1 heterocycles. The molecule has 0 radical (unpaired) electrons. The highest BCUT2D eigenvalue weighted by molar-refractivity contribution is 4.90. The first-order valence-electron chi connectivity index (χ1n) is 2.74. The third-order valence-corrected chi connectivity index (χ3v) is 1.14. The molecule has 0 spiro atoms. The van der Waals surface area contributed by atoms with Crippen molar-refractivity contribution in [2.45, 2.75) is 6.67 Å². The highest BCUT2D eigenvalue weighted by atomic mass is 15.0. The van der Waals surface area contributed by atoms with Crippen LogP contribution in [0.2, 0.25) is 0 Å². The van der Waals surface area contributed by atoms with Gasteiger partial charge in [-0.15, -0.1) is 0 Å². The first kappa shape index (κ1) is 6.04. The second kappa shape index (κ2) is 2.46. The van der Waals surface area contributed by atoms with Crippen LogP contribution in [-0.4, -0.2) is 4.57 Å². The van der Waals surface area contributed by atoms with Gasteiger partial charge in [-0.3, -0.25) is 5.41 Å². The van der Waals surface area contributed by atoms with Gasteiger partial charge in [-0.25, -0.2) is 0 Å². The molecule has 1 aromatic rings. The van der Waals surface area contributed by atoms with Crippen LogP contribution in [0.3, 0.4) is 0 Å². The van der Waals surface area contributed by atoms with Crippen LogP contribution < -0.4 is 11.2 Å². The molecule has 1 aromatic heterocycles. The number of nitrogens with one attached hydrogen (secondary N) is 1. The van der Waals surface area contributed by atoms with E-state index in [1.165, 1.54) is 0 Å². The highest BCUT2D eigenvalue weighted by Gasteiger charge is 1.81. The SMILES string of the molecule is N=c1ccccn1CN. The highest BCUT2D eigenvalue weighted by Crippen LogP contribution is 1.75. The molecule has 0 bridgehead atoms. The van der Waals surface area contributed by atoms with Crippen molar-refractivity contribution in [1.29, 1.82) is 5.41 Å². The molecule has 9 heavy (non-hydrogen) atoms. The lowest BCUT2D eigenvalue weighted by Crippen LogP contribution is -2.21. The Morgan fingerprint density at radius 1 is 1.56 bits per heavy atom. The zero-order valence-corrected chi connectivity index (χ0v) is 5.04. The van der Waals surface area contributed by atoms with E-state index in [1.807, 2.05) is 12.1 Å². The molecule has 0 saturated carbocycles. The van der Waals surface area contributed by atoms with Crippen molar-refractivity contribution in [3.8, 4) is 0 Å². The van der Waals surface area contributed by atoms with Crippen LogP contribution in [0.25, 0.3) is 0 Å². The molecular weight excluding hydrogens is 114 g/mol. The molecule has 0 aliphatic carbocycles. The Kier molecular flexibility index (Phi) is 1.65. The van der Waals surface area contributed by atoms with Crippen molar-refractivity contribution in [2.75, 3.05) is 0 Å². The van der Waals surface area contributed by atoms with E-state index in [0.29, 0.717) is 12.2 Å². The molecule has 0 amide bonds. The van der Waals surface area contributed by atoms with Crippen molar-refractivity contribution < 1.29 is 0 Å². The van der Waals surface area contributed by atoms with Crippen LogP contribution >= 0.6 is 0 Å². The lowest BCUT2D eigenvalue weighted by molar-refractivity contribution is 0.679. The topological polar surface area (TPSA) is 54.8 Å². The Morgan fingerprint density at radius 2 is 2.33 bits per heavy atom. The third-order valence-electron chi connectivity index (χ3n) is 1.14. The standard InChI is InChI=1S/C6H9N3/c7-5-9-4-2-1-3-6(9)8/h1-4,8H,5,7H2. The lowest BCUT2D eigenvalue weighted by Gasteiger charge is -1.98. The number of rotatable bonds is 1. The number of nitrogens with two attached hydrogens (primary N) is 1. The summed E-state index contributed by atoms with van der Waals surface area (Å²) in [6, 6.07) is 5.37. The first-order chi connectivity index (χ1) is 4.34. The van der Waals surface area contributed by atoms with Crippen molar-refractivity contribution in [1.82, 2.24) is 4.57 Å².